The van der Waals surface area contributed by atoms with Crippen LogP contribution in [0.5, 0.6) is 0 Å². The first-order chi connectivity index (χ1) is 7.57. The zero-order valence-electron chi connectivity index (χ0n) is 11.3. The molecule has 94 valence electrons. The molecule has 1 unspecified atom stereocenters. The number of hydrogen-bond acceptors (Lipinski definition) is 2. The van der Waals surface area contributed by atoms with Crippen molar-refractivity contribution >= 4 is 0 Å². The molecule has 0 aromatic heterocycles. The quantitative estimate of drug-likeness (QED) is 0.711. The van der Waals surface area contributed by atoms with Gasteiger partial charge in [0.2, 0.25) is 0 Å². The van der Waals surface area contributed by atoms with Crippen LogP contribution in [0.4, 0.5) is 0 Å². The van der Waals surface area contributed by atoms with Gasteiger partial charge in [-0.15, -0.1) is 0 Å². The minimum absolute atomic E-state index is 0.549. The van der Waals surface area contributed by atoms with E-state index >= 15 is 0 Å². The molecular weight excluding hydrogens is 196 g/mol. The van der Waals surface area contributed by atoms with Crippen LogP contribution in [0.3, 0.4) is 0 Å². The van der Waals surface area contributed by atoms with E-state index in [1.54, 1.807) is 0 Å². The van der Waals surface area contributed by atoms with Crippen molar-refractivity contribution in [1.82, 2.24) is 9.80 Å². The van der Waals surface area contributed by atoms with E-state index in [-0.39, 0.29) is 0 Å². The van der Waals surface area contributed by atoms with Crippen molar-refractivity contribution < 1.29 is 0 Å². The molecule has 0 aromatic carbocycles. The van der Waals surface area contributed by atoms with Gasteiger partial charge in [0.1, 0.15) is 0 Å². The Kier molecular flexibility index (Phi) is 3.91. The molecule has 0 N–H and O–H groups in total. The molecule has 0 amide bonds. The fourth-order valence-corrected chi connectivity index (χ4v) is 3.47. The van der Waals surface area contributed by atoms with Crippen molar-refractivity contribution in [2.45, 2.75) is 39.5 Å². The summed E-state index contributed by atoms with van der Waals surface area (Å²) < 4.78 is 0. The highest BCUT2D eigenvalue weighted by Gasteiger charge is 2.32. The molecule has 1 atom stereocenters. The third-order valence-corrected chi connectivity index (χ3v) is 4.45. The molecule has 2 saturated heterocycles. The van der Waals surface area contributed by atoms with E-state index in [4.69, 9.17) is 0 Å². The summed E-state index contributed by atoms with van der Waals surface area (Å²) in [5.74, 6) is 0.957. The Morgan fingerprint density at radius 2 is 1.88 bits per heavy atom. The number of hydrogen-bond donors (Lipinski definition) is 0. The second-order valence-electron chi connectivity index (χ2n) is 6.61. The van der Waals surface area contributed by atoms with E-state index in [9.17, 15) is 0 Å². The van der Waals surface area contributed by atoms with Crippen molar-refractivity contribution in [2.75, 3.05) is 39.8 Å². The van der Waals surface area contributed by atoms with Crippen molar-refractivity contribution in [2.24, 2.45) is 11.3 Å². The first-order valence-electron chi connectivity index (χ1n) is 6.98. The van der Waals surface area contributed by atoms with Crippen molar-refractivity contribution in [3.8, 4) is 0 Å². The summed E-state index contributed by atoms with van der Waals surface area (Å²) in [5.41, 5.74) is 0.549. The minimum Gasteiger partial charge on any atom is -0.306 e. The van der Waals surface area contributed by atoms with Crippen LogP contribution in [0, 0.1) is 11.3 Å². The predicted molar refractivity (Wildman–Crippen MR) is 69.7 cm³/mol. The van der Waals surface area contributed by atoms with Gasteiger partial charge >= 0.3 is 0 Å². The maximum absolute atomic E-state index is 2.71. The second kappa shape index (κ2) is 5.05. The molecule has 0 saturated carbocycles. The van der Waals surface area contributed by atoms with Crippen LogP contribution in [0.15, 0.2) is 0 Å². The summed E-state index contributed by atoms with van der Waals surface area (Å²) in [6.07, 6.45) is 5.62. The summed E-state index contributed by atoms with van der Waals surface area (Å²) in [7, 11) is 2.27. The first-order valence-corrected chi connectivity index (χ1v) is 6.98. The van der Waals surface area contributed by atoms with Gasteiger partial charge in [-0.3, -0.25) is 0 Å². The van der Waals surface area contributed by atoms with Gasteiger partial charge < -0.3 is 9.80 Å². The van der Waals surface area contributed by atoms with E-state index in [0.717, 1.165) is 5.92 Å². The van der Waals surface area contributed by atoms with Crippen molar-refractivity contribution in [1.29, 1.82) is 0 Å². The maximum Gasteiger partial charge on any atom is 0.00476 e. The largest absolute Gasteiger partial charge is 0.306 e. The average molecular weight is 224 g/mol. The van der Waals surface area contributed by atoms with Crippen molar-refractivity contribution in [3.05, 3.63) is 0 Å². The van der Waals surface area contributed by atoms with E-state index < -0.39 is 0 Å². The third kappa shape index (κ3) is 3.21. The zero-order valence-corrected chi connectivity index (χ0v) is 11.3. The number of rotatable bonds is 2. The SMILES string of the molecule is CC1CCN(CC2(C)CCCN(C)C2)CC1. The summed E-state index contributed by atoms with van der Waals surface area (Å²) >= 11 is 0. The van der Waals surface area contributed by atoms with E-state index in [2.05, 4.69) is 30.7 Å². The number of likely N-dealkylation sites (tertiary alicyclic amines) is 2. The Morgan fingerprint density at radius 1 is 1.19 bits per heavy atom. The van der Waals surface area contributed by atoms with E-state index in [1.807, 2.05) is 0 Å². The topological polar surface area (TPSA) is 6.48 Å². The van der Waals surface area contributed by atoms with Gasteiger partial charge in [-0.2, -0.15) is 0 Å². The highest BCUT2D eigenvalue weighted by molar-refractivity contribution is 4.86. The van der Waals surface area contributed by atoms with E-state index in [0.29, 0.717) is 5.41 Å². The highest BCUT2D eigenvalue weighted by atomic mass is 15.2. The van der Waals surface area contributed by atoms with Crippen LogP contribution in [0.1, 0.15) is 39.5 Å². The van der Waals surface area contributed by atoms with Gasteiger partial charge in [-0.25, -0.2) is 0 Å². The minimum atomic E-state index is 0.549. The lowest BCUT2D eigenvalue weighted by Crippen LogP contribution is -2.48. The molecule has 2 aliphatic rings. The molecular formula is C14H28N2. The lowest BCUT2D eigenvalue weighted by atomic mass is 9.81. The molecule has 2 rings (SSSR count). The monoisotopic (exact) mass is 224 g/mol. The number of nitrogens with zero attached hydrogens (tertiary/aromatic N) is 2. The van der Waals surface area contributed by atoms with E-state index in [1.165, 1.54) is 58.4 Å². The Balaban J connectivity index is 1.83. The fraction of sp³-hybridized carbons (Fsp3) is 1.00. The maximum atomic E-state index is 2.71. The molecule has 2 heteroatoms. The van der Waals surface area contributed by atoms with Crippen LogP contribution in [-0.2, 0) is 0 Å². The van der Waals surface area contributed by atoms with Crippen molar-refractivity contribution in [3.63, 3.8) is 0 Å². The molecule has 2 nitrogen and oxygen atoms in total. The Morgan fingerprint density at radius 3 is 2.50 bits per heavy atom. The molecule has 2 fully saturated rings. The lowest BCUT2D eigenvalue weighted by molar-refractivity contribution is 0.0615. The summed E-state index contributed by atoms with van der Waals surface area (Å²) in [5, 5.41) is 0. The molecule has 0 bridgehead atoms. The normalized spacial score (nSPS) is 35.4. The van der Waals surface area contributed by atoms with Gasteiger partial charge in [0, 0.05) is 13.1 Å². The molecule has 0 radical (unpaired) electrons. The van der Waals surface area contributed by atoms with Gasteiger partial charge in [0.25, 0.3) is 0 Å². The van der Waals surface area contributed by atoms with Crippen LogP contribution < -0.4 is 0 Å². The van der Waals surface area contributed by atoms with Crippen LogP contribution in [0.25, 0.3) is 0 Å². The third-order valence-electron chi connectivity index (χ3n) is 4.45. The molecule has 2 heterocycles. The van der Waals surface area contributed by atoms with Crippen LogP contribution in [0.2, 0.25) is 0 Å². The van der Waals surface area contributed by atoms with Crippen LogP contribution >= 0.6 is 0 Å². The Hall–Kier alpha value is -0.0800. The Labute approximate surface area is 101 Å². The fourth-order valence-electron chi connectivity index (χ4n) is 3.47. The molecule has 2 aliphatic heterocycles. The Bertz CT molecular complexity index is 221. The van der Waals surface area contributed by atoms with Gasteiger partial charge in [-0.1, -0.05) is 13.8 Å². The predicted octanol–water partition coefficient (Wildman–Crippen LogP) is 2.45. The molecule has 0 aliphatic carbocycles. The highest BCUT2D eigenvalue weighted by Crippen LogP contribution is 2.31. The second-order valence-corrected chi connectivity index (χ2v) is 6.61. The molecule has 0 spiro atoms. The van der Waals surface area contributed by atoms with Gasteiger partial charge in [0.05, 0.1) is 0 Å². The van der Waals surface area contributed by atoms with Crippen LogP contribution in [-0.4, -0.2) is 49.6 Å². The lowest BCUT2D eigenvalue weighted by Gasteiger charge is -2.43. The van der Waals surface area contributed by atoms with Gasteiger partial charge in [0.15, 0.2) is 0 Å². The smallest absolute Gasteiger partial charge is 0.00476 e. The zero-order chi connectivity index (χ0) is 11.6. The molecule has 16 heavy (non-hydrogen) atoms. The standard InChI is InChI=1S/C14H28N2/c1-13-5-9-16(10-6-13)12-14(2)7-4-8-15(3)11-14/h13H,4-12H2,1-3H3. The number of piperidine rings is 2. The summed E-state index contributed by atoms with van der Waals surface area (Å²) in [6, 6.07) is 0. The molecule has 0 aromatic rings. The summed E-state index contributed by atoms with van der Waals surface area (Å²) in [4.78, 5) is 5.22. The average Bonchev–Trinajstić information content (AvgIpc) is 2.21. The van der Waals surface area contributed by atoms with Gasteiger partial charge in [-0.05, 0) is 63.7 Å². The first kappa shape index (κ1) is 12.4. The summed E-state index contributed by atoms with van der Waals surface area (Å²) in [6.45, 7) is 11.5.